The molecule has 4 aromatic rings. The molecule has 0 bridgehead atoms. The van der Waals surface area contributed by atoms with Crippen molar-refractivity contribution in [3.05, 3.63) is 88.7 Å². The standard InChI is InChI=1S/C24H17ClN4O2.CH4/c25-21-12-18(14-29-24(21)31-19-3-1-2-16(11-19)13-26)22(30)7-5-15-4-6-20-17(10-15)8-9-28-23(20)27;/h1-4,6,8-12,14H,5,7H2,(H2,27,28);1H4. The van der Waals surface area contributed by atoms with Crippen LogP contribution in [0.4, 0.5) is 5.82 Å². The Morgan fingerprint density at radius 3 is 2.75 bits per heavy atom. The smallest absolute Gasteiger partial charge is 0.238 e. The normalized spacial score (nSPS) is 10.2. The lowest BCUT2D eigenvalue weighted by Gasteiger charge is -2.08. The minimum absolute atomic E-state index is 0. The van der Waals surface area contributed by atoms with E-state index < -0.39 is 0 Å². The van der Waals surface area contributed by atoms with E-state index >= 15 is 0 Å². The van der Waals surface area contributed by atoms with Crippen molar-refractivity contribution in [2.24, 2.45) is 0 Å². The van der Waals surface area contributed by atoms with Gasteiger partial charge in [0.25, 0.3) is 0 Å². The molecule has 0 atom stereocenters. The Labute approximate surface area is 191 Å². The molecule has 0 radical (unpaired) electrons. The van der Waals surface area contributed by atoms with Crippen molar-refractivity contribution < 1.29 is 9.53 Å². The fourth-order valence-corrected chi connectivity index (χ4v) is 3.41. The van der Waals surface area contributed by atoms with Crippen molar-refractivity contribution in [2.75, 3.05) is 5.73 Å². The Balaban J connectivity index is 0.00000289. The van der Waals surface area contributed by atoms with Crippen LogP contribution < -0.4 is 10.5 Å². The van der Waals surface area contributed by atoms with E-state index in [1.54, 1.807) is 36.5 Å². The number of pyridine rings is 2. The minimum Gasteiger partial charge on any atom is -0.437 e. The van der Waals surface area contributed by atoms with Gasteiger partial charge in [0.1, 0.15) is 16.6 Å². The van der Waals surface area contributed by atoms with E-state index in [1.165, 1.54) is 6.20 Å². The van der Waals surface area contributed by atoms with Gasteiger partial charge < -0.3 is 10.5 Å². The van der Waals surface area contributed by atoms with Gasteiger partial charge in [0.15, 0.2) is 5.78 Å². The third-order valence-corrected chi connectivity index (χ3v) is 5.08. The van der Waals surface area contributed by atoms with Gasteiger partial charge in [0.2, 0.25) is 5.88 Å². The zero-order valence-electron chi connectivity index (χ0n) is 16.4. The SMILES string of the molecule is C.N#Cc1cccc(Oc2ncc(C(=O)CCc3ccc4c(N)nccc4c3)cc2Cl)c1. The summed E-state index contributed by atoms with van der Waals surface area (Å²) in [4.78, 5) is 20.9. The van der Waals surface area contributed by atoms with Crippen LogP contribution in [0.2, 0.25) is 5.02 Å². The van der Waals surface area contributed by atoms with Crippen LogP contribution in [0.3, 0.4) is 0 Å². The van der Waals surface area contributed by atoms with Gasteiger partial charge in [-0.05, 0) is 47.7 Å². The van der Waals surface area contributed by atoms with E-state index in [0.29, 0.717) is 35.5 Å². The van der Waals surface area contributed by atoms with Crippen molar-refractivity contribution >= 4 is 34.0 Å². The number of ketones is 1. The second kappa shape index (κ2) is 9.90. The van der Waals surface area contributed by atoms with E-state index in [0.717, 1.165) is 16.3 Å². The first-order chi connectivity index (χ1) is 15.0. The molecule has 32 heavy (non-hydrogen) atoms. The molecule has 0 amide bonds. The number of nitrogens with zero attached hydrogens (tertiary/aromatic N) is 3. The zero-order valence-corrected chi connectivity index (χ0v) is 17.1. The highest BCUT2D eigenvalue weighted by Crippen LogP contribution is 2.28. The van der Waals surface area contributed by atoms with E-state index in [1.807, 2.05) is 30.3 Å². The Kier molecular flexibility index (Phi) is 7.04. The largest absolute Gasteiger partial charge is 0.437 e. The number of hydrogen-bond acceptors (Lipinski definition) is 6. The number of aryl methyl sites for hydroxylation is 1. The predicted octanol–water partition coefficient (Wildman–Crippen LogP) is 5.98. The summed E-state index contributed by atoms with van der Waals surface area (Å²) in [7, 11) is 0. The quantitative estimate of drug-likeness (QED) is 0.367. The Morgan fingerprint density at radius 1 is 1.12 bits per heavy atom. The summed E-state index contributed by atoms with van der Waals surface area (Å²) in [6, 6.07) is 18.0. The van der Waals surface area contributed by atoms with E-state index in [9.17, 15) is 4.79 Å². The van der Waals surface area contributed by atoms with Crippen LogP contribution in [0, 0.1) is 11.3 Å². The van der Waals surface area contributed by atoms with Crippen LogP contribution in [0.5, 0.6) is 11.6 Å². The van der Waals surface area contributed by atoms with Gasteiger partial charge in [0, 0.05) is 29.8 Å². The molecular formula is C25H21ClN4O2. The number of anilines is 1. The summed E-state index contributed by atoms with van der Waals surface area (Å²) in [6.07, 6.45) is 4.01. The van der Waals surface area contributed by atoms with Crippen molar-refractivity contribution in [3.63, 3.8) is 0 Å². The first-order valence-corrected chi connectivity index (χ1v) is 9.91. The van der Waals surface area contributed by atoms with Crippen LogP contribution in [-0.2, 0) is 6.42 Å². The minimum atomic E-state index is -0.0678. The second-order valence-corrected chi connectivity index (χ2v) is 7.33. The number of carbonyl (C=O) groups excluding carboxylic acids is 1. The maximum Gasteiger partial charge on any atom is 0.238 e. The number of fused-ring (bicyclic) bond motifs is 1. The number of benzene rings is 2. The van der Waals surface area contributed by atoms with Gasteiger partial charge >= 0.3 is 0 Å². The van der Waals surface area contributed by atoms with E-state index in [-0.39, 0.29) is 24.1 Å². The van der Waals surface area contributed by atoms with Crippen LogP contribution in [0.15, 0.2) is 67.0 Å². The van der Waals surface area contributed by atoms with Gasteiger partial charge in [0.05, 0.1) is 11.6 Å². The third-order valence-electron chi connectivity index (χ3n) is 4.81. The summed E-state index contributed by atoms with van der Waals surface area (Å²) in [5.74, 6) is 1.04. The van der Waals surface area contributed by atoms with Crippen molar-refractivity contribution in [1.82, 2.24) is 9.97 Å². The summed E-state index contributed by atoms with van der Waals surface area (Å²) in [6.45, 7) is 0. The van der Waals surface area contributed by atoms with Crippen molar-refractivity contribution in [1.29, 1.82) is 5.26 Å². The lowest BCUT2D eigenvalue weighted by Crippen LogP contribution is -2.03. The third kappa shape index (κ3) is 5.02. The number of rotatable bonds is 6. The van der Waals surface area contributed by atoms with Crippen LogP contribution >= 0.6 is 11.6 Å². The molecule has 2 N–H and O–H groups in total. The number of aromatic nitrogens is 2. The van der Waals surface area contributed by atoms with Gasteiger partial charge in [-0.1, -0.05) is 43.3 Å². The molecule has 0 aliphatic carbocycles. The van der Waals surface area contributed by atoms with Crippen LogP contribution in [0.1, 0.15) is 35.3 Å². The van der Waals surface area contributed by atoms with Gasteiger partial charge in [-0.2, -0.15) is 5.26 Å². The number of nitrogen functional groups attached to an aromatic ring is 1. The highest BCUT2D eigenvalue weighted by molar-refractivity contribution is 6.32. The lowest BCUT2D eigenvalue weighted by atomic mass is 10.0. The number of nitrogens with two attached hydrogens (primary N) is 1. The van der Waals surface area contributed by atoms with Crippen LogP contribution in [0.25, 0.3) is 10.8 Å². The Bertz CT molecular complexity index is 1330. The molecule has 2 aromatic heterocycles. The predicted molar refractivity (Wildman–Crippen MR) is 126 cm³/mol. The van der Waals surface area contributed by atoms with Gasteiger partial charge in [-0.15, -0.1) is 0 Å². The molecule has 4 rings (SSSR count). The Morgan fingerprint density at radius 2 is 1.97 bits per heavy atom. The molecule has 0 saturated heterocycles. The molecule has 0 spiro atoms. The molecule has 6 nitrogen and oxygen atoms in total. The molecule has 2 heterocycles. The number of halogens is 1. The fraction of sp³-hybridized carbons (Fsp3) is 0.120. The first-order valence-electron chi connectivity index (χ1n) is 9.53. The van der Waals surface area contributed by atoms with E-state index in [4.69, 9.17) is 27.3 Å². The number of nitriles is 1. The van der Waals surface area contributed by atoms with E-state index in [2.05, 4.69) is 9.97 Å². The van der Waals surface area contributed by atoms with Crippen LogP contribution in [-0.4, -0.2) is 15.8 Å². The van der Waals surface area contributed by atoms with Crippen molar-refractivity contribution in [3.8, 4) is 17.7 Å². The maximum absolute atomic E-state index is 12.6. The number of ether oxygens (including phenoxy) is 1. The molecule has 0 unspecified atom stereocenters. The molecule has 0 fully saturated rings. The summed E-state index contributed by atoms with van der Waals surface area (Å²) < 4.78 is 5.65. The monoisotopic (exact) mass is 444 g/mol. The second-order valence-electron chi connectivity index (χ2n) is 6.93. The molecular weight excluding hydrogens is 424 g/mol. The molecule has 0 saturated carbocycles. The summed E-state index contributed by atoms with van der Waals surface area (Å²) >= 11 is 6.27. The molecule has 2 aromatic carbocycles. The highest BCUT2D eigenvalue weighted by atomic mass is 35.5. The lowest BCUT2D eigenvalue weighted by molar-refractivity contribution is 0.0982. The first kappa shape index (κ1) is 22.7. The number of carbonyl (C=O) groups is 1. The average molecular weight is 445 g/mol. The number of Topliss-reactive ketones (excluding diaryl/α,β-unsaturated/α-hetero) is 1. The van der Waals surface area contributed by atoms with Crippen molar-refractivity contribution in [2.45, 2.75) is 20.3 Å². The Hall–Kier alpha value is -3.95. The fourth-order valence-electron chi connectivity index (χ4n) is 3.20. The molecule has 7 heteroatoms. The summed E-state index contributed by atoms with van der Waals surface area (Å²) in [5, 5.41) is 11.1. The topological polar surface area (TPSA) is 102 Å². The average Bonchev–Trinajstić information content (AvgIpc) is 2.79. The number of hydrogen-bond donors (Lipinski definition) is 1. The molecule has 0 aliphatic rings. The maximum atomic E-state index is 12.6. The molecule has 160 valence electrons. The van der Waals surface area contributed by atoms with Gasteiger partial charge in [-0.3, -0.25) is 4.79 Å². The summed E-state index contributed by atoms with van der Waals surface area (Å²) in [5.41, 5.74) is 7.80. The molecule has 0 aliphatic heterocycles. The van der Waals surface area contributed by atoms with Gasteiger partial charge in [-0.25, -0.2) is 9.97 Å². The highest BCUT2D eigenvalue weighted by Gasteiger charge is 2.12. The zero-order chi connectivity index (χ0) is 21.8.